The molecule has 0 spiro atoms. The molecule has 4 rings (SSSR count). The van der Waals surface area contributed by atoms with Gasteiger partial charge < -0.3 is 20.1 Å². The lowest BCUT2D eigenvalue weighted by atomic mass is 9.81. The topological polar surface area (TPSA) is 76.7 Å². The molecule has 1 saturated carbocycles. The van der Waals surface area contributed by atoms with E-state index in [1.54, 1.807) is 12.1 Å². The van der Waals surface area contributed by atoms with Gasteiger partial charge in [-0.3, -0.25) is 9.59 Å². The number of fused-ring (bicyclic) bond motifs is 1. The highest BCUT2D eigenvalue weighted by atomic mass is 16.7. The molecular formula is C22H24N2O4. The summed E-state index contributed by atoms with van der Waals surface area (Å²) in [7, 11) is 0. The summed E-state index contributed by atoms with van der Waals surface area (Å²) in [6.45, 7) is 0.757. The van der Waals surface area contributed by atoms with Crippen LogP contribution in [0.25, 0.3) is 0 Å². The van der Waals surface area contributed by atoms with Crippen LogP contribution in [0.5, 0.6) is 11.5 Å². The molecular weight excluding hydrogens is 356 g/mol. The summed E-state index contributed by atoms with van der Waals surface area (Å²) in [6.07, 6.45) is 2.92. The molecule has 2 aromatic rings. The molecule has 2 aromatic carbocycles. The molecule has 0 radical (unpaired) electrons. The van der Waals surface area contributed by atoms with Crippen LogP contribution in [0.4, 0.5) is 5.69 Å². The van der Waals surface area contributed by atoms with Crippen molar-refractivity contribution < 1.29 is 19.1 Å². The lowest BCUT2D eigenvalue weighted by Crippen LogP contribution is -2.35. The van der Waals surface area contributed by atoms with Crippen molar-refractivity contribution in [1.82, 2.24) is 5.32 Å². The minimum atomic E-state index is -0.0661. The van der Waals surface area contributed by atoms with Crippen molar-refractivity contribution in [2.45, 2.75) is 32.2 Å². The van der Waals surface area contributed by atoms with Crippen molar-refractivity contribution in [1.29, 1.82) is 0 Å². The van der Waals surface area contributed by atoms with E-state index in [9.17, 15) is 9.59 Å². The number of carbonyl (C=O) groups excluding carboxylic acids is 2. The summed E-state index contributed by atoms with van der Waals surface area (Å²) in [5, 5.41) is 5.97. The average Bonchev–Trinajstić information content (AvgIpc) is 3.21. The molecule has 28 heavy (non-hydrogen) atoms. The Hall–Kier alpha value is -3.02. The molecule has 6 heteroatoms. The molecule has 146 valence electrons. The van der Waals surface area contributed by atoms with Crippen LogP contribution in [0.1, 0.15) is 31.2 Å². The Morgan fingerprint density at radius 2 is 1.54 bits per heavy atom. The Labute approximate surface area is 164 Å². The van der Waals surface area contributed by atoms with E-state index in [1.165, 1.54) is 0 Å². The summed E-state index contributed by atoms with van der Waals surface area (Å²) in [5.74, 6) is 1.35. The fraction of sp³-hybridized carbons (Fsp3) is 0.364. The molecule has 2 amide bonds. The van der Waals surface area contributed by atoms with E-state index in [4.69, 9.17) is 9.47 Å². The van der Waals surface area contributed by atoms with Crippen molar-refractivity contribution in [3.63, 3.8) is 0 Å². The van der Waals surface area contributed by atoms with E-state index < -0.39 is 0 Å². The number of benzene rings is 2. The first-order valence-electron chi connectivity index (χ1n) is 9.71. The van der Waals surface area contributed by atoms with Crippen molar-refractivity contribution >= 4 is 17.5 Å². The smallest absolute Gasteiger partial charge is 0.231 e. The molecule has 2 aliphatic rings. The van der Waals surface area contributed by atoms with Crippen LogP contribution in [-0.4, -0.2) is 18.6 Å². The van der Waals surface area contributed by atoms with Crippen LogP contribution in [0.2, 0.25) is 0 Å². The van der Waals surface area contributed by atoms with Crippen LogP contribution >= 0.6 is 0 Å². The second-order valence-corrected chi connectivity index (χ2v) is 7.31. The zero-order valence-corrected chi connectivity index (χ0v) is 15.6. The predicted octanol–water partition coefficient (Wildman–Crippen LogP) is 3.48. The summed E-state index contributed by atoms with van der Waals surface area (Å²) < 4.78 is 10.6. The normalized spacial score (nSPS) is 20.4. The molecule has 2 N–H and O–H groups in total. The third-order valence-corrected chi connectivity index (χ3v) is 5.42. The number of hydrogen-bond acceptors (Lipinski definition) is 4. The van der Waals surface area contributed by atoms with E-state index >= 15 is 0 Å². The van der Waals surface area contributed by atoms with Crippen molar-refractivity contribution in [3.05, 3.63) is 54.1 Å². The van der Waals surface area contributed by atoms with Gasteiger partial charge in [-0.05, 0) is 43.4 Å². The van der Waals surface area contributed by atoms with Crippen molar-refractivity contribution in [2.75, 3.05) is 12.1 Å². The largest absolute Gasteiger partial charge is 0.454 e. The molecule has 0 atom stereocenters. The minimum absolute atomic E-state index is 0.00186. The maximum Gasteiger partial charge on any atom is 0.231 e. The van der Waals surface area contributed by atoms with Crippen LogP contribution in [-0.2, 0) is 16.1 Å². The average molecular weight is 380 g/mol. The Kier molecular flexibility index (Phi) is 5.46. The van der Waals surface area contributed by atoms with Crippen molar-refractivity contribution in [2.24, 2.45) is 11.8 Å². The Bertz CT molecular complexity index is 845. The number of carbonyl (C=O) groups is 2. The minimum Gasteiger partial charge on any atom is -0.454 e. The molecule has 1 aliphatic carbocycles. The fourth-order valence-corrected chi connectivity index (χ4v) is 3.77. The summed E-state index contributed by atoms with van der Waals surface area (Å²) in [4.78, 5) is 25.0. The second-order valence-electron chi connectivity index (χ2n) is 7.31. The van der Waals surface area contributed by atoms with E-state index in [0.717, 1.165) is 31.2 Å². The monoisotopic (exact) mass is 380 g/mol. The van der Waals surface area contributed by atoms with Gasteiger partial charge in [0.05, 0.1) is 0 Å². The Morgan fingerprint density at radius 1 is 0.857 bits per heavy atom. The Morgan fingerprint density at radius 3 is 2.29 bits per heavy atom. The van der Waals surface area contributed by atoms with Crippen LogP contribution in [0.15, 0.2) is 48.5 Å². The van der Waals surface area contributed by atoms with Gasteiger partial charge in [-0.15, -0.1) is 0 Å². The molecule has 0 bridgehead atoms. The summed E-state index contributed by atoms with van der Waals surface area (Å²) in [5.41, 5.74) is 1.80. The molecule has 0 unspecified atom stereocenters. The number of hydrogen-bond donors (Lipinski definition) is 2. The van der Waals surface area contributed by atoms with Crippen LogP contribution in [0.3, 0.4) is 0 Å². The van der Waals surface area contributed by atoms with Gasteiger partial charge >= 0.3 is 0 Å². The Balaban J connectivity index is 1.24. The molecule has 1 aliphatic heterocycles. The zero-order chi connectivity index (χ0) is 19.3. The molecule has 0 aromatic heterocycles. The summed E-state index contributed by atoms with van der Waals surface area (Å²) >= 11 is 0. The third-order valence-electron chi connectivity index (χ3n) is 5.42. The first-order chi connectivity index (χ1) is 13.7. The van der Waals surface area contributed by atoms with Crippen LogP contribution in [0, 0.1) is 11.8 Å². The highest BCUT2D eigenvalue weighted by Crippen LogP contribution is 2.35. The second kappa shape index (κ2) is 8.33. The van der Waals surface area contributed by atoms with E-state index in [0.29, 0.717) is 23.7 Å². The van der Waals surface area contributed by atoms with Crippen molar-refractivity contribution in [3.8, 4) is 11.5 Å². The number of ether oxygens (including phenoxy) is 2. The number of amides is 2. The first kappa shape index (κ1) is 18.3. The van der Waals surface area contributed by atoms with E-state index in [2.05, 4.69) is 10.6 Å². The maximum atomic E-state index is 12.6. The van der Waals surface area contributed by atoms with Gasteiger partial charge in [0.1, 0.15) is 0 Å². The highest BCUT2D eigenvalue weighted by Gasteiger charge is 2.30. The maximum absolute atomic E-state index is 12.6. The lowest BCUT2D eigenvalue weighted by molar-refractivity contribution is -0.128. The third kappa shape index (κ3) is 4.27. The fourth-order valence-electron chi connectivity index (χ4n) is 3.77. The quantitative estimate of drug-likeness (QED) is 0.833. The molecule has 0 saturated heterocycles. The first-order valence-corrected chi connectivity index (χ1v) is 9.71. The van der Waals surface area contributed by atoms with Gasteiger partial charge in [-0.1, -0.05) is 30.3 Å². The van der Waals surface area contributed by atoms with E-state index in [1.807, 2.05) is 36.4 Å². The van der Waals surface area contributed by atoms with Gasteiger partial charge in [0.2, 0.25) is 18.6 Å². The summed E-state index contributed by atoms with van der Waals surface area (Å²) in [6, 6.07) is 15.3. The molecule has 1 fully saturated rings. The molecule has 6 nitrogen and oxygen atoms in total. The van der Waals surface area contributed by atoms with Gasteiger partial charge in [0.15, 0.2) is 11.5 Å². The van der Waals surface area contributed by atoms with Gasteiger partial charge in [0.25, 0.3) is 0 Å². The number of rotatable bonds is 5. The highest BCUT2D eigenvalue weighted by molar-refractivity contribution is 5.93. The number of anilines is 1. The molecule has 1 heterocycles. The van der Waals surface area contributed by atoms with Gasteiger partial charge in [0, 0.05) is 30.1 Å². The lowest BCUT2D eigenvalue weighted by Gasteiger charge is -2.27. The van der Waals surface area contributed by atoms with E-state index in [-0.39, 0.29) is 30.4 Å². The number of nitrogens with one attached hydrogen (secondary N) is 2. The van der Waals surface area contributed by atoms with Crippen LogP contribution < -0.4 is 20.1 Å². The van der Waals surface area contributed by atoms with Gasteiger partial charge in [-0.2, -0.15) is 0 Å². The zero-order valence-electron chi connectivity index (χ0n) is 15.6. The standard InChI is InChI=1S/C22H24N2O4/c25-21(23-13-15-4-2-1-3-5-15)16-6-8-17(9-7-16)22(26)24-18-10-11-19-20(12-18)28-14-27-19/h1-5,10-12,16-17H,6-9,13-14H2,(H,23,25)(H,24,26). The van der Waals surface area contributed by atoms with Gasteiger partial charge in [-0.25, -0.2) is 0 Å². The SMILES string of the molecule is O=C(NCc1ccccc1)C1CCC(C(=O)Nc2ccc3c(c2)OCO3)CC1. The predicted molar refractivity (Wildman–Crippen MR) is 105 cm³/mol.